The lowest BCUT2D eigenvalue weighted by atomic mass is 9.95. The normalized spacial score (nSPS) is 15.2. The van der Waals surface area contributed by atoms with E-state index < -0.39 is 0 Å². The van der Waals surface area contributed by atoms with Crippen LogP contribution in [0.1, 0.15) is 16.7 Å². The number of amides is 2. The van der Waals surface area contributed by atoms with E-state index in [1.165, 1.54) is 0 Å². The van der Waals surface area contributed by atoms with Crippen LogP contribution in [-0.2, 0) is 20.9 Å². The van der Waals surface area contributed by atoms with E-state index in [0.29, 0.717) is 17.7 Å². The number of ether oxygens (including phenoxy) is 1. The third-order valence-corrected chi connectivity index (χ3v) is 6.40. The quantitative estimate of drug-likeness (QED) is 0.417. The first-order valence-electron chi connectivity index (χ1n) is 11.3. The molecule has 0 radical (unpaired) electrons. The number of hydrogen-bond acceptors (Lipinski definition) is 4. The Bertz CT molecular complexity index is 1460. The molecule has 1 atom stereocenters. The fourth-order valence-electron chi connectivity index (χ4n) is 4.84. The summed E-state index contributed by atoms with van der Waals surface area (Å²) in [4.78, 5) is 31.5. The summed E-state index contributed by atoms with van der Waals surface area (Å²) in [5.74, 6) is -0.747. The number of H-pyrrole nitrogens is 1. The predicted molar refractivity (Wildman–Crippen MR) is 134 cm³/mol. The number of para-hydroxylation sites is 1. The first-order valence-corrected chi connectivity index (χ1v) is 11.3. The van der Waals surface area contributed by atoms with Crippen molar-refractivity contribution < 1.29 is 14.3 Å². The number of carbonyl (C=O) groups excluding carboxylic acids is 2. The Balaban J connectivity index is 1.73. The topological polar surface area (TPSA) is 79.4 Å². The largest absolute Gasteiger partial charge is 0.378 e. The molecule has 1 aliphatic heterocycles. The molecule has 174 valence electrons. The van der Waals surface area contributed by atoms with Gasteiger partial charge in [0.25, 0.3) is 11.8 Å². The molecule has 1 aliphatic rings. The van der Waals surface area contributed by atoms with Gasteiger partial charge in [-0.2, -0.15) is 0 Å². The lowest BCUT2D eigenvalue weighted by Crippen LogP contribution is -2.31. The van der Waals surface area contributed by atoms with Crippen LogP contribution in [0.2, 0.25) is 0 Å². The summed E-state index contributed by atoms with van der Waals surface area (Å²) in [6.07, 6.45) is 3.76. The molecule has 5 rings (SSSR count). The number of hydrogen-bond donors (Lipinski definition) is 2. The van der Waals surface area contributed by atoms with Gasteiger partial charge in [0, 0.05) is 59.0 Å². The van der Waals surface area contributed by atoms with Gasteiger partial charge < -0.3 is 19.2 Å². The highest BCUT2D eigenvalue weighted by molar-refractivity contribution is 6.50. The van der Waals surface area contributed by atoms with Crippen LogP contribution in [0.4, 0.5) is 0 Å². The number of carbonyl (C=O) groups is 2. The second kappa shape index (κ2) is 8.59. The molecular weight excluding hydrogens is 428 g/mol. The maximum Gasteiger partial charge on any atom is 0.259 e. The SMILES string of the molecule is COC(CN(C)C)Cn1cc(C2=C(c3c[nH]c4ccccc34)C(=O)NC2=O)c2cc(C)ccc21. The van der Waals surface area contributed by atoms with Crippen LogP contribution in [0.15, 0.2) is 54.9 Å². The highest BCUT2D eigenvalue weighted by Gasteiger charge is 2.35. The second-order valence-electron chi connectivity index (χ2n) is 9.12. The van der Waals surface area contributed by atoms with Gasteiger partial charge in [-0.1, -0.05) is 29.8 Å². The van der Waals surface area contributed by atoms with E-state index in [1.807, 2.05) is 51.5 Å². The van der Waals surface area contributed by atoms with Crippen molar-refractivity contribution in [3.8, 4) is 0 Å². The lowest BCUT2D eigenvalue weighted by molar-refractivity contribution is -0.122. The molecular formula is C27H28N4O3. The molecule has 34 heavy (non-hydrogen) atoms. The van der Waals surface area contributed by atoms with Crippen LogP contribution >= 0.6 is 0 Å². The maximum atomic E-state index is 13.1. The van der Waals surface area contributed by atoms with E-state index in [9.17, 15) is 9.59 Å². The standard InChI is InChI=1S/C27H28N4O3/c1-16-9-10-23-19(11-16)21(15-31(23)14-17(34-4)13-30(2)3)25-24(26(32)29-27(25)33)20-12-28-22-8-6-5-7-18(20)22/h5-12,15,17,28H,13-14H2,1-4H3,(H,29,32,33). The smallest absolute Gasteiger partial charge is 0.259 e. The highest BCUT2D eigenvalue weighted by atomic mass is 16.5. The van der Waals surface area contributed by atoms with Crippen molar-refractivity contribution in [1.29, 1.82) is 0 Å². The fourth-order valence-corrected chi connectivity index (χ4v) is 4.84. The number of aryl methyl sites for hydroxylation is 1. The number of fused-ring (bicyclic) bond motifs is 2. The minimum Gasteiger partial charge on any atom is -0.378 e. The number of rotatable bonds is 7. The van der Waals surface area contributed by atoms with Crippen LogP contribution in [0.25, 0.3) is 33.0 Å². The molecule has 2 N–H and O–H groups in total. The number of benzene rings is 2. The van der Waals surface area contributed by atoms with Crippen molar-refractivity contribution in [2.75, 3.05) is 27.7 Å². The Morgan fingerprint density at radius 2 is 1.74 bits per heavy atom. The molecule has 3 heterocycles. The fraction of sp³-hybridized carbons (Fsp3) is 0.259. The summed E-state index contributed by atoms with van der Waals surface area (Å²) < 4.78 is 7.85. The molecule has 0 spiro atoms. The molecule has 2 aromatic heterocycles. The van der Waals surface area contributed by atoms with Crippen LogP contribution < -0.4 is 5.32 Å². The van der Waals surface area contributed by atoms with Gasteiger partial charge in [-0.15, -0.1) is 0 Å². The number of nitrogens with one attached hydrogen (secondary N) is 2. The first-order chi connectivity index (χ1) is 16.4. The third-order valence-electron chi connectivity index (χ3n) is 6.40. The average molecular weight is 457 g/mol. The number of imide groups is 1. The number of nitrogens with zero attached hydrogens (tertiary/aromatic N) is 2. The molecule has 0 aliphatic carbocycles. The van der Waals surface area contributed by atoms with Gasteiger partial charge in [0.1, 0.15) is 0 Å². The summed E-state index contributed by atoms with van der Waals surface area (Å²) >= 11 is 0. The first kappa shape index (κ1) is 22.1. The van der Waals surface area contributed by atoms with Crippen molar-refractivity contribution in [3.05, 3.63) is 71.5 Å². The summed E-state index contributed by atoms with van der Waals surface area (Å²) in [5.41, 5.74) is 5.29. The molecule has 2 aromatic carbocycles. The summed E-state index contributed by atoms with van der Waals surface area (Å²) in [6, 6.07) is 14.0. The zero-order chi connectivity index (χ0) is 24.0. The zero-order valence-corrected chi connectivity index (χ0v) is 19.8. The van der Waals surface area contributed by atoms with Crippen molar-refractivity contribution in [2.24, 2.45) is 0 Å². The Morgan fingerprint density at radius 3 is 2.47 bits per heavy atom. The lowest BCUT2D eigenvalue weighted by Gasteiger charge is -2.20. The molecule has 4 aromatic rings. The van der Waals surface area contributed by atoms with Gasteiger partial charge in [-0.3, -0.25) is 14.9 Å². The summed E-state index contributed by atoms with van der Waals surface area (Å²) in [6.45, 7) is 3.42. The highest BCUT2D eigenvalue weighted by Crippen LogP contribution is 2.38. The number of aromatic amines is 1. The molecule has 0 saturated carbocycles. The van der Waals surface area contributed by atoms with E-state index in [-0.39, 0.29) is 17.9 Å². The average Bonchev–Trinajstić information content (AvgIpc) is 3.45. The molecule has 1 unspecified atom stereocenters. The minimum atomic E-state index is -0.374. The molecule has 7 heteroatoms. The van der Waals surface area contributed by atoms with E-state index in [1.54, 1.807) is 13.3 Å². The summed E-state index contributed by atoms with van der Waals surface area (Å²) in [7, 11) is 5.74. The van der Waals surface area contributed by atoms with Crippen molar-refractivity contribution in [2.45, 2.75) is 19.6 Å². The zero-order valence-electron chi connectivity index (χ0n) is 19.8. The van der Waals surface area contributed by atoms with Gasteiger partial charge in [0.15, 0.2) is 0 Å². The predicted octanol–water partition coefficient (Wildman–Crippen LogP) is 3.57. The number of aromatic nitrogens is 2. The van der Waals surface area contributed by atoms with Gasteiger partial charge in [-0.05, 0) is 39.2 Å². The molecule has 0 saturated heterocycles. The van der Waals surface area contributed by atoms with E-state index >= 15 is 0 Å². The van der Waals surface area contributed by atoms with Crippen LogP contribution in [0.5, 0.6) is 0 Å². The maximum absolute atomic E-state index is 13.1. The van der Waals surface area contributed by atoms with Gasteiger partial charge in [0.2, 0.25) is 0 Å². The molecule has 2 amide bonds. The monoisotopic (exact) mass is 456 g/mol. The van der Waals surface area contributed by atoms with Gasteiger partial charge in [0.05, 0.1) is 23.8 Å². The molecule has 7 nitrogen and oxygen atoms in total. The Labute approximate surface area is 198 Å². The van der Waals surface area contributed by atoms with Gasteiger partial charge >= 0.3 is 0 Å². The molecule has 0 fully saturated rings. The second-order valence-corrected chi connectivity index (χ2v) is 9.12. The minimum absolute atomic E-state index is 0.0270. The molecule has 0 bridgehead atoms. The third kappa shape index (κ3) is 3.73. The van der Waals surface area contributed by atoms with E-state index in [0.717, 1.165) is 45.0 Å². The van der Waals surface area contributed by atoms with Crippen LogP contribution in [0, 0.1) is 6.92 Å². The number of methoxy groups -OCH3 is 1. The Hall–Kier alpha value is -3.68. The summed E-state index contributed by atoms with van der Waals surface area (Å²) in [5, 5.41) is 4.38. The van der Waals surface area contributed by atoms with Crippen molar-refractivity contribution in [1.82, 2.24) is 19.8 Å². The van der Waals surface area contributed by atoms with Gasteiger partial charge in [-0.25, -0.2) is 0 Å². The van der Waals surface area contributed by atoms with Crippen LogP contribution in [0.3, 0.4) is 0 Å². The van der Waals surface area contributed by atoms with Crippen molar-refractivity contribution >= 4 is 44.8 Å². The van der Waals surface area contributed by atoms with E-state index in [2.05, 4.69) is 38.0 Å². The van der Waals surface area contributed by atoms with E-state index in [4.69, 9.17) is 4.74 Å². The number of likely N-dealkylation sites (N-methyl/N-ethyl adjacent to an activating group) is 1. The van der Waals surface area contributed by atoms with Crippen molar-refractivity contribution in [3.63, 3.8) is 0 Å². The van der Waals surface area contributed by atoms with Crippen LogP contribution in [-0.4, -0.2) is 60.1 Å². The Kier molecular flexibility index (Phi) is 5.59. The Morgan fingerprint density at radius 1 is 1.00 bits per heavy atom.